The van der Waals surface area contributed by atoms with Gasteiger partial charge in [0.1, 0.15) is 0 Å². The van der Waals surface area contributed by atoms with Gasteiger partial charge in [-0.2, -0.15) is 0 Å². The average molecular weight is 242 g/mol. The highest BCUT2D eigenvalue weighted by atomic mass is 32.2. The van der Waals surface area contributed by atoms with Crippen molar-refractivity contribution < 1.29 is 4.74 Å². The molecule has 0 saturated heterocycles. The van der Waals surface area contributed by atoms with Crippen molar-refractivity contribution in [3.63, 3.8) is 0 Å². The second kappa shape index (κ2) is 4.57. The molecule has 92 valence electrons. The summed E-state index contributed by atoms with van der Waals surface area (Å²) >= 11 is 1.86. The van der Waals surface area contributed by atoms with Crippen molar-refractivity contribution >= 4 is 16.9 Å². The van der Waals surface area contributed by atoms with E-state index in [4.69, 9.17) is 4.74 Å². The van der Waals surface area contributed by atoms with Crippen LogP contribution in [0.15, 0.2) is 4.99 Å². The van der Waals surface area contributed by atoms with Crippen molar-refractivity contribution in [3.8, 4) is 0 Å². The number of aliphatic imine (C=N–C) groups is 1. The number of thioether (sulfide) groups is 1. The maximum absolute atomic E-state index is 5.45. The van der Waals surface area contributed by atoms with Crippen molar-refractivity contribution in [2.24, 2.45) is 16.3 Å². The van der Waals surface area contributed by atoms with E-state index in [-0.39, 0.29) is 5.41 Å². The maximum atomic E-state index is 5.45. The first-order valence-electron chi connectivity index (χ1n) is 6.00. The minimum atomic E-state index is 0.223. The fourth-order valence-electron chi connectivity index (χ4n) is 2.33. The Bertz CT molecular complexity index is 291. The molecule has 3 nitrogen and oxygen atoms in total. The van der Waals surface area contributed by atoms with Gasteiger partial charge in [0.05, 0.1) is 6.10 Å². The molecule has 4 heteroatoms. The molecule has 3 atom stereocenters. The summed E-state index contributed by atoms with van der Waals surface area (Å²) in [7, 11) is 1.80. The molecule has 2 aliphatic rings. The topological polar surface area (TPSA) is 33.6 Å². The molecule has 0 aromatic rings. The van der Waals surface area contributed by atoms with E-state index in [1.54, 1.807) is 7.11 Å². The van der Waals surface area contributed by atoms with Gasteiger partial charge in [-0.3, -0.25) is 4.99 Å². The van der Waals surface area contributed by atoms with Crippen molar-refractivity contribution in [2.75, 3.05) is 19.4 Å². The van der Waals surface area contributed by atoms with Crippen LogP contribution in [0.1, 0.15) is 27.2 Å². The zero-order chi connectivity index (χ0) is 11.8. The highest BCUT2D eigenvalue weighted by molar-refractivity contribution is 8.13. The summed E-state index contributed by atoms with van der Waals surface area (Å²) in [6.45, 7) is 7.75. The lowest BCUT2D eigenvalue weighted by molar-refractivity contribution is -0.0918. The van der Waals surface area contributed by atoms with Crippen LogP contribution >= 0.6 is 11.8 Å². The Morgan fingerprint density at radius 3 is 2.75 bits per heavy atom. The van der Waals surface area contributed by atoms with Crippen LogP contribution in [-0.4, -0.2) is 36.7 Å². The van der Waals surface area contributed by atoms with E-state index in [0.717, 1.165) is 24.1 Å². The van der Waals surface area contributed by atoms with E-state index in [0.29, 0.717) is 12.1 Å². The van der Waals surface area contributed by atoms with Crippen molar-refractivity contribution in [1.29, 1.82) is 0 Å². The molecule has 1 aliphatic carbocycles. The molecule has 0 spiro atoms. The Hall–Kier alpha value is -0.220. The first kappa shape index (κ1) is 12.2. The molecule has 0 radical (unpaired) electrons. The van der Waals surface area contributed by atoms with Gasteiger partial charge in [0.15, 0.2) is 5.17 Å². The standard InChI is InChI=1S/C12H22N2OS/c1-8-6-13-11(16-7-8)14-9-5-10(15-4)12(9,2)3/h8-10H,5-7H2,1-4H3,(H,13,14). The highest BCUT2D eigenvalue weighted by Crippen LogP contribution is 2.42. The van der Waals surface area contributed by atoms with E-state index in [1.165, 1.54) is 5.75 Å². The summed E-state index contributed by atoms with van der Waals surface area (Å²) in [5.74, 6) is 1.91. The fraction of sp³-hybridized carbons (Fsp3) is 0.917. The Balaban J connectivity index is 1.88. The Morgan fingerprint density at radius 2 is 2.25 bits per heavy atom. The molecule has 2 rings (SSSR count). The van der Waals surface area contributed by atoms with Crippen LogP contribution in [0.4, 0.5) is 0 Å². The lowest BCUT2D eigenvalue weighted by Gasteiger charge is -2.51. The number of nitrogens with one attached hydrogen (secondary N) is 1. The van der Waals surface area contributed by atoms with Gasteiger partial charge in [0, 0.05) is 30.9 Å². The maximum Gasteiger partial charge on any atom is 0.156 e. The zero-order valence-corrected chi connectivity index (χ0v) is 11.4. The smallest absolute Gasteiger partial charge is 0.156 e. The van der Waals surface area contributed by atoms with Gasteiger partial charge < -0.3 is 10.1 Å². The third-order valence-electron chi connectivity index (χ3n) is 3.81. The van der Waals surface area contributed by atoms with Crippen LogP contribution in [-0.2, 0) is 4.74 Å². The summed E-state index contributed by atoms with van der Waals surface area (Å²) in [6.07, 6.45) is 1.48. The summed E-state index contributed by atoms with van der Waals surface area (Å²) in [5.41, 5.74) is 0.223. The zero-order valence-electron chi connectivity index (χ0n) is 10.6. The predicted molar refractivity (Wildman–Crippen MR) is 70.0 cm³/mol. The van der Waals surface area contributed by atoms with E-state index in [2.05, 4.69) is 31.1 Å². The molecule has 3 unspecified atom stereocenters. The van der Waals surface area contributed by atoms with E-state index in [9.17, 15) is 0 Å². The van der Waals surface area contributed by atoms with Crippen molar-refractivity contribution in [3.05, 3.63) is 0 Å². The quantitative estimate of drug-likeness (QED) is 0.805. The first-order valence-corrected chi connectivity index (χ1v) is 6.99. The molecule has 1 saturated carbocycles. The SMILES string of the molecule is COC1CC(NC2=NCC(C)CS2)C1(C)C. The Morgan fingerprint density at radius 1 is 1.50 bits per heavy atom. The largest absolute Gasteiger partial charge is 0.381 e. The third kappa shape index (κ3) is 2.23. The molecule has 16 heavy (non-hydrogen) atoms. The first-order chi connectivity index (χ1) is 7.54. The van der Waals surface area contributed by atoms with Crippen LogP contribution in [0, 0.1) is 11.3 Å². The molecule has 1 heterocycles. The van der Waals surface area contributed by atoms with Crippen LogP contribution in [0.3, 0.4) is 0 Å². The second-order valence-corrected chi connectivity index (χ2v) is 6.55. The van der Waals surface area contributed by atoms with E-state index >= 15 is 0 Å². The molecule has 1 fully saturated rings. The molecular weight excluding hydrogens is 220 g/mol. The van der Waals surface area contributed by atoms with Gasteiger partial charge in [0.25, 0.3) is 0 Å². The molecule has 0 amide bonds. The van der Waals surface area contributed by atoms with Crippen LogP contribution < -0.4 is 5.32 Å². The number of hydrogen-bond donors (Lipinski definition) is 1. The fourth-order valence-corrected chi connectivity index (χ4v) is 3.26. The monoisotopic (exact) mass is 242 g/mol. The molecule has 0 bridgehead atoms. The van der Waals surface area contributed by atoms with Crippen molar-refractivity contribution in [2.45, 2.75) is 39.3 Å². The van der Waals surface area contributed by atoms with Gasteiger partial charge in [-0.05, 0) is 12.3 Å². The van der Waals surface area contributed by atoms with Crippen LogP contribution in [0.25, 0.3) is 0 Å². The second-order valence-electron chi connectivity index (χ2n) is 5.54. The van der Waals surface area contributed by atoms with Gasteiger partial charge in [0.2, 0.25) is 0 Å². The molecule has 0 aromatic heterocycles. The average Bonchev–Trinajstić information content (AvgIpc) is 2.26. The van der Waals surface area contributed by atoms with Gasteiger partial charge in [-0.25, -0.2) is 0 Å². The number of hydrogen-bond acceptors (Lipinski definition) is 4. The summed E-state index contributed by atoms with van der Waals surface area (Å²) in [4.78, 5) is 4.58. The third-order valence-corrected chi connectivity index (χ3v) is 5.07. The molecule has 1 N–H and O–H groups in total. The normalized spacial score (nSPS) is 37.5. The number of rotatable bonds is 2. The number of methoxy groups -OCH3 is 1. The van der Waals surface area contributed by atoms with Crippen LogP contribution in [0.2, 0.25) is 0 Å². The van der Waals surface area contributed by atoms with Gasteiger partial charge in [-0.15, -0.1) is 0 Å². The minimum Gasteiger partial charge on any atom is -0.381 e. The molecular formula is C12H22N2OS. The number of amidine groups is 1. The van der Waals surface area contributed by atoms with E-state index < -0.39 is 0 Å². The van der Waals surface area contributed by atoms with Crippen LogP contribution in [0.5, 0.6) is 0 Å². The van der Waals surface area contributed by atoms with Gasteiger partial charge in [-0.1, -0.05) is 32.5 Å². The van der Waals surface area contributed by atoms with Crippen molar-refractivity contribution in [1.82, 2.24) is 5.32 Å². The number of ether oxygens (including phenoxy) is 1. The van der Waals surface area contributed by atoms with Gasteiger partial charge >= 0.3 is 0 Å². The summed E-state index contributed by atoms with van der Waals surface area (Å²) < 4.78 is 5.45. The summed E-state index contributed by atoms with van der Waals surface area (Å²) in [5, 5.41) is 4.69. The molecule has 0 aromatic carbocycles. The predicted octanol–water partition coefficient (Wildman–Crippen LogP) is 2.13. The number of nitrogens with zero attached hydrogens (tertiary/aromatic N) is 1. The molecule has 1 aliphatic heterocycles. The minimum absolute atomic E-state index is 0.223. The Kier molecular flexibility index (Phi) is 3.50. The Labute approximate surface area is 102 Å². The lowest BCUT2D eigenvalue weighted by Crippen LogP contribution is -2.61. The lowest BCUT2D eigenvalue weighted by atomic mass is 9.64. The van der Waals surface area contributed by atoms with E-state index in [1.807, 2.05) is 11.8 Å². The summed E-state index contributed by atoms with van der Waals surface area (Å²) in [6, 6.07) is 0.511. The highest BCUT2D eigenvalue weighted by Gasteiger charge is 2.49.